The third kappa shape index (κ3) is 3.64. The minimum Gasteiger partial charge on any atom is -0.461 e. The van der Waals surface area contributed by atoms with Gasteiger partial charge in [-0.25, -0.2) is 4.79 Å². The lowest BCUT2D eigenvalue weighted by atomic mass is 10.0. The summed E-state index contributed by atoms with van der Waals surface area (Å²) in [6.07, 6.45) is 1.20. The number of esters is 1. The van der Waals surface area contributed by atoms with E-state index in [4.69, 9.17) is 0 Å². The Morgan fingerprint density at radius 2 is 2.07 bits per heavy atom. The highest BCUT2D eigenvalue weighted by Gasteiger charge is 2.17. The molecular formula is C9H15ClFNO2. The molecule has 0 atom stereocenters. The van der Waals surface area contributed by atoms with Gasteiger partial charge in [-0.3, -0.25) is 0 Å². The van der Waals surface area contributed by atoms with Crippen molar-refractivity contribution in [1.29, 1.82) is 0 Å². The van der Waals surface area contributed by atoms with Gasteiger partial charge in [-0.1, -0.05) is 0 Å². The van der Waals surface area contributed by atoms with Gasteiger partial charge in [0, 0.05) is 0 Å². The summed E-state index contributed by atoms with van der Waals surface area (Å²) in [6, 6.07) is 0. The molecule has 3 nitrogen and oxygen atoms in total. The summed E-state index contributed by atoms with van der Waals surface area (Å²) in [5, 5.41) is 3.09. The van der Waals surface area contributed by atoms with Crippen LogP contribution in [0.15, 0.2) is 11.4 Å². The van der Waals surface area contributed by atoms with Crippen molar-refractivity contribution in [3.63, 3.8) is 0 Å². The van der Waals surface area contributed by atoms with Crippen LogP contribution in [0.3, 0.4) is 0 Å². The molecule has 14 heavy (non-hydrogen) atoms. The normalized spacial score (nSPS) is 15.7. The molecule has 82 valence electrons. The molecule has 0 bridgehead atoms. The van der Waals surface area contributed by atoms with Crippen molar-refractivity contribution >= 4 is 18.4 Å². The topological polar surface area (TPSA) is 38.3 Å². The smallest absolute Gasteiger partial charge is 0.367 e. The average Bonchev–Trinajstić information content (AvgIpc) is 2.18. The third-order valence-corrected chi connectivity index (χ3v) is 1.97. The fourth-order valence-electron chi connectivity index (χ4n) is 1.29. The number of carbonyl (C=O) groups is 1. The lowest BCUT2D eigenvalue weighted by Gasteiger charge is -2.15. The van der Waals surface area contributed by atoms with Gasteiger partial charge in [0.05, 0.1) is 6.61 Å². The summed E-state index contributed by atoms with van der Waals surface area (Å²) in [4.78, 5) is 11.0. The van der Waals surface area contributed by atoms with Crippen molar-refractivity contribution in [3.8, 4) is 0 Å². The second-order valence-electron chi connectivity index (χ2n) is 2.89. The molecule has 5 heteroatoms. The molecule has 0 saturated carbocycles. The second kappa shape index (κ2) is 6.79. The molecule has 0 aromatic heterocycles. The molecule has 1 saturated heterocycles. The Morgan fingerprint density at radius 3 is 2.57 bits per heavy atom. The first-order valence-electron chi connectivity index (χ1n) is 4.51. The summed E-state index contributed by atoms with van der Waals surface area (Å²) in [5.41, 5.74) is 0.581. The van der Waals surface area contributed by atoms with E-state index in [-0.39, 0.29) is 19.0 Å². The van der Waals surface area contributed by atoms with E-state index in [0.29, 0.717) is 18.4 Å². The van der Waals surface area contributed by atoms with Crippen LogP contribution in [-0.2, 0) is 9.53 Å². The Morgan fingerprint density at radius 1 is 1.50 bits per heavy atom. The zero-order chi connectivity index (χ0) is 9.68. The minimum atomic E-state index is -0.820. The zero-order valence-electron chi connectivity index (χ0n) is 8.14. The number of piperidine rings is 1. The molecule has 0 radical (unpaired) electrons. The summed E-state index contributed by atoms with van der Waals surface area (Å²) in [7, 11) is 0. The van der Waals surface area contributed by atoms with Crippen LogP contribution in [0, 0.1) is 0 Å². The molecule has 1 fully saturated rings. The SMILES string of the molecule is CCOC(=O)C(F)=C1CCNCC1.Cl. The number of hydrogen-bond donors (Lipinski definition) is 1. The molecule has 0 aliphatic carbocycles. The Labute approximate surface area is 89.1 Å². The highest BCUT2D eigenvalue weighted by Crippen LogP contribution is 2.17. The van der Waals surface area contributed by atoms with Gasteiger partial charge in [-0.2, -0.15) is 4.39 Å². The molecule has 1 heterocycles. The largest absolute Gasteiger partial charge is 0.461 e. The van der Waals surface area contributed by atoms with Gasteiger partial charge in [0.2, 0.25) is 5.83 Å². The maximum absolute atomic E-state index is 13.2. The number of rotatable bonds is 2. The minimum absolute atomic E-state index is 0. The van der Waals surface area contributed by atoms with E-state index in [0.717, 1.165) is 13.1 Å². The lowest BCUT2D eigenvalue weighted by Crippen LogP contribution is -2.24. The fraction of sp³-hybridized carbons (Fsp3) is 0.667. The van der Waals surface area contributed by atoms with Crippen LogP contribution < -0.4 is 5.32 Å². The summed E-state index contributed by atoms with van der Waals surface area (Å²) in [5.74, 6) is -1.51. The number of hydrogen-bond acceptors (Lipinski definition) is 3. The molecule has 0 aromatic carbocycles. The van der Waals surface area contributed by atoms with Gasteiger partial charge in [0.1, 0.15) is 0 Å². The molecule has 0 aromatic rings. The quantitative estimate of drug-likeness (QED) is 0.571. The van der Waals surface area contributed by atoms with E-state index < -0.39 is 11.8 Å². The van der Waals surface area contributed by atoms with E-state index in [2.05, 4.69) is 10.1 Å². The molecule has 1 rings (SSSR count). The van der Waals surface area contributed by atoms with E-state index >= 15 is 0 Å². The second-order valence-corrected chi connectivity index (χ2v) is 2.89. The Hall–Kier alpha value is -0.610. The fourth-order valence-corrected chi connectivity index (χ4v) is 1.29. The number of ether oxygens (including phenoxy) is 1. The van der Waals surface area contributed by atoms with E-state index in [9.17, 15) is 9.18 Å². The third-order valence-electron chi connectivity index (χ3n) is 1.97. The Balaban J connectivity index is 0.00000169. The van der Waals surface area contributed by atoms with E-state index in [1.165, 1.54) is 0 Å². The number of carbonyl (C=O) groups excluding carboxylic acids is 1. The van der Waals surface area contributed by atoms with Crippen LogP contribution >= 0.6 is 12.4 Å². The standard InChI is InChI=1S/C9H14FNO2.ClH/c1-2-13-9(12)8(10)7-3-5-11-6-4-7;/h11H,2-6H2,1H3;1H. The molecule has 1 N–H and O–H groups in total. The first-order valence-corrected chi connectivity index (χ1v) is 4.51. The van der Waals surface area contributed by atoms with Gasteiger partial charge in [0.25, 0.3) is 0 Å². The zero-order valence-corrected chi connectivity index (χ0v) is 8.95. The van der Waals surface area contributed by atoms with Crippen molar-refractivity contribution in [2.45, 2.75) is 19.8 Å². The number of nitrogens with one attached hydrogen (secondary N) is 1. The van der Waals surface area contributed by atoms with Crippen LogP contribution in [0.25, 0.3) is 0 Å². The first kappa shape index (κ1) is 13.4. The first-order chi connectivity index (χ1) is 6.25. The van der Waals surface area contributed by atoms with Gasteiger partial charge in [-0.05, 0) is 38.4 Å². The van der Waals surface area contributed by atoms with Gasteiger partial charge < -0.3 is 10.1 Å². The summed E-state index contributed by atoms with van der Waals surface area (Å²) in [6.45, 7) is 3.36. The van der Waals surface area contributed by atoms with Crippen LogP contribution in [0.2, 0.25) is 0 Å². The van der Waals surface area contributed by atoms with Crippen LogP contribution in [0.5, 0.6) is 0 Å². The van der Waals surface area contributed by atoms with Gasteiger partial charge in [-0.15, -0.1) is 12.4 Å². The predicted molar refractivity (Wildman–Crippen MR) is 54.1 cm³/mol. The van der Waals surface area contributed by atoms with Crippen LogP contribution in [0.1, 0.15) is 19.8 Å². The van der Waals surface area contributed by atoms with Gasteiger partial charge >= 0.3 is 5.97 Å². The highest BCUT2D eigenvalue weighted by atomic mass is 35.5. The molecule has 0 spiro atoms. The average molecular weight is 224 g/mol. The molecule has 0 amide bonds. The van der Waals surface area contributed by atoms with Crippen molar-refractivity contribution in [3.05, 3.63) is 11.4 Å². The molecule has 1 aliphatic rings. The summed E-state index contributed by atoms with van der Waals surface area (Å²) < 4.78 is 17.8. The Bertz CT molecular complexity index is 223. The Kier molecular flexibility index (Phi) is 6.49. The van der Waals surface area contributed by atoms with Gasteiger partial charge in [0.15, 0.2) is 0 Å². The molecule has 1 aliphatic heterocycles. The van der Waals surface area contributed by atoms with Crippen LogP contribution in [-0.4, -0.2) is 25.7 Å². The molecule has 0 unspecified atom stereocenters. The van der Waals surface area contributed by atoms with E-state index in [1.54, 1.807) is 6.92 Å². The lowest BCUT2D eigenvalue weighted by molar-refractivity contribution is -0.140. The van der Waals surface area contributed by atoms with Crippen LogP contribution in [0.4, 0.5) is 4.39 Å². The maximum Gasteiger partial charge on any atom is 0.367 e. The van der Waals surface area contributed by atoms with Crippen molar-refractivity contribution < 1.29 is 13.9 Å². The van der Waals surface area contributed by atoms with Crippen molar-refractivity contribution in [2.75, 3.05) is 19.7 Å². The number of halogens is 2. The highest BCUT2D eigenvalue weighted by molar-refractivity contribution is 5.86. The van der Waals surface area contributed by atoms with Crippen molar-refractivity contribution in [2.24, 2.45) is 0 Å². The molecular weight excluding hydrogens is 209 g/mol. The monoisotopic (exact) mass is 223 g/mol. The maximum atomic E-state index is 13.2. The van der Waals surface area contributed by atoms with E-state index in [1.807, 2.05) is 0 Å². The van der Waals surface area contributed by atoms with Crippen molar-refractivity contribution in [1.82, 2.24) is 5.32 Å². The summed E-state index contributed by atoms with van der Waals surface area (Å²) >= 11 is 0. The predicted octanol–water partition coefficient (Wildman–Crippen LogP) is 1.58.